The van der Waals surface area contributed by atoms with Crippen LogP contribution in [0.4, 0.5) is 5.69 Å². The van der Waals surface area contributed by atoms with Gasteiger partial charge in [0, 0.05) is 24.6 Å². The number of carbonyl (C=O) groups is 1. The van der Waals surface area contributed by atoms with E-state index in [0.29, 0.717) is 22.4 Å². The van der Waals surface area contributed by atoms with Crippen LogP contribution in [0.5, 0.6) is 5.75 Å². The highest BCUT2D eigenvalue weighted by Crippen LogP contribution is 2.31. The summed E-state index contributed by atoms with van der Waals surface area (Å²) in [5.41, 5.74) is 0.480. The van der Waals surface area contributed by atoms with Gasteiger partial charge >= 0.3 is 0 Å². The van der Waals surface area contributed by atoms with Crippen molar-refractivity contribution in [1.82, 2.24) is 9.55 Å². The van der Waals surface area contributed by atoms with Gasteiger partial charge in [0.25, 0.3) is 11.5 Å². The minimum absolute atomic E-state index is 0.224. The van der Waals surface area contributed by atoms with Crippen LogP contribution in [0, 0.1) is 0 Å². The molecular formula is C17H17N3O3S. The lowest BCUT2D eigenvalue weighted by molar-refractivity contribution is 0.102. The highest BCUT2D eigenvalue weighted by Gasteiger charge is 2.23. The maximum atomic E-state index is 12.8. The maximum absolute atomic E-state index is 12.8. The Labute approximate surface area is 142 Å². The second-order valence-electron chi connectivity index (χ2n) is 5.36. The van der Waals surface area contributed by atoms with Crippen molar-refractivity contribution in [1.29, 1.82) is 0 Å². The van der Waals surface area contributed by atoms with Crippen molar-refractivity contribution in [2.75, 3.05) is 5.32 Å². The molecule has 0 aromatic carbocycles. The van der Waals surface area contributed by atoms with E-state index in [2.05, 4.69) is 10.3 Å². The normalized spacial score (nSPS) is 10.9. The lowest BCUT2D eigenvalue weighted by Crippen LogP contribution is -2.29. The van der Waals surface area contributed by atoms with Gasteiger partial charge in [-0.15, -0.1) is 11.3 Å². The summed E-state index contributed by atoms with van der Waals surface area (Å²) in [7, 11) is 0. The van der Waals surface area contributed by atoms with Gasteiger partial charge in [-0.25, -0.2) is 0 Å². The number of aromatic hydroxyl groups is 1. The highest BCUT2D eigenvalue weighted by atomic mass is 32.1. The first-order valence-corrected chi connectivity index (χ1v) is 8.55. The number of nitrogens with one attached hydrogen (secondary N) is 1. The second kappa shape index (κ2) is 6.84. The molecule has 0 saturated heterocycles. The van der Waals surface area contributed by atoms with Crippen LogP contribution in [0.3, 0.4) is 0 Å². The largest absolute Gasteiger partial charge is 0.505 e. The van der Waals surface area contributed by atoms with E-state index in [-0.39, 0.29) is 11.3 Å². The molecule has 1 amide bonds. The number of aryl methyl sites for hydroxylation is 1. The number of fused-ring (bicyclic) bond motifs is 1. The van der Waals surface area contributed by atoms with Crippen LogP contribution in [-0.4, -0.2) is 20.6 Å². The van der Waals surface area contributed by atoms with E-state index in [1.807, 2.05) is 6.92 Å². The molecule has 0 atom stereocenters. The van der Waals surface area contributed by atoms with E-state index in [4.69, 9.17) is 0 Å². The second-order valence-corrected chi connectivity index (χ2v) is 6.28. The van der Waals surface area contributed by atoms with E-state index in [1.54, 1.807) is 28.1 Å². The number of unbranched alkanes of at least 4 members (excludes halogenated alkanes) is 1. The molecule has 3 aromatic rings. The van der Waals surface area contributed by atoms with Gasteiger partial charge < -0.3 is 15.0 Å². The third kappa shape index (κ3) is 2.90. The summed E-state index contributed by atoms with van der Waals surface area (Å²) < 4.78 is 2.11. The molecule has 3 aromatic heterocycles. The summed E-state index contributed by atoms with van der Waals surface area (Å²) in [5, 5.41) is 14.9. The molecule has 0 aliphatic carbocycles. The molecule has 0 bridgehead atoms. The number of hydrogen-bond donors (Lipinski definition) is 2. The number of thiophene rings is 1. The van der Waals surface area contributed by atoms with Gasteiger partial charge in [0.15, 0.2) is 5.75 Å². The molecule has 24 heavy (non-hydrogen) atoms. The lowest BCUT2D eigenvalue weighted by atomic mass is 10.2. The smallest absolute Gasteiger partial charge is 0.267 e. The van der Waals surface area contributed by atoms with E-state index in [9.17, 15) is 14.7 Å². The average molecular weight is 343 g/mol. The quantitative estimate of drug-likeness (QED) is 0.745. The van der Waals surface area contributed by atoms with Crippen molar-refractivity contribution in [3.8, 4) is 5.75 Å². The molecule has 0 aliphatic heterocycles. The van der Waals surface area contributed by atoms with Gasteiger partial charge in [-0.2, -0.15) is 0 Å². The summed E-state index contributed by atoms with van der Waals surface area (Å²) in [6.07, 6.45) is 4.83. The number of rotatable bonds is 5. The summed E-state index contributed by atoms with van der Waals surface area (Å²) in [6, 6.07) is 5.03. The van der Waals surface area contributed by atoms with Crippen molar-refractivity contribution in [3.63, 3.8) is 0 Å². The van der Waals surface area contributed by atoms with Crippen LogP contribution in [0.25, 0.3) is 10.2 Å². The molecule has 0 saturated carbocycles. The Bertz CT molecular complexity index is 931. The predicted molar refractivity (Wildman–Crippen MR) is 94.8 cm³/mol. The molecule has 124 valence electrons. The number of carbonyl (C=O) groups excluding carboxylic acids is 1. The first-order valence-electron chi connectivity index (χ1n) is 7.67. The molecule has 0 aliphatic rings. The van der Waals surface area contributed by atoms with Crippen molar-refractivity contribution >= 4 is 33.1 Å². The van der Waals surface area contributed by atoms with E-state index in [1.165, 1.54) is 23.7 Å². The Morgan fingerprint density at radius 1 is 1.33 bits per heavy atom. The van der Waals surface area contributed by atoms with E-state index in [0.717, 1.165) is 12.8 Å². The molecule has 0 spiro atoms. The zero-order chi connectivity index (χ0) is 17.1. The summed E-state index contributed by atoms with van der Waals surface area (Å²) >= 11 is 1.31. The Hall–Kier alpha value is -2.67. The van der Waals surface area contributed by atoms with Crippen molar-refractivity contribution in [3.05, 3.63) is 51.9 Å². The van der Waals surface area contributed by atoms with Gasteiger partial charge in [-0.05, 0) is 30.0 Å². The third-order valence-electron chi connectivity index (χ3n) is 3.75. The van der Waals surface area contributed by atoms with Crippen molar-refractivity contribution < 1.29 is 9.90 Å². The molecule has 2 N–H and O–H groups in total. The lowest BCUT2D eigenvalue weighted by Gasteiger charge is -2.12. The minimum atomic E-state index is -0.621. The van der Waals surface area contributed by atoms with Crippen LogP contribution >= 0.6 is 11.3 Å². The molecule has 3 heterocycles. The SMILES string of the molecule is CCCCn1c(=O)c(C(=O)Nc2ccncc2)c(O)c2sccc21. The summed E-state index contributed by atoms with van der Waals surface area (Å²) in [6.45, 7) is 2.55. The Kier molecular flexibility index (Phi) is 4.61. The summed E-state index contributed by atoms with van der Waals surface area (Å²) in [5.74, 6) is -0.881. The highest BCUT2D eigenvalue weighted by molar-refractivity contribution is 7.17. The monoisotopic (exact) mass is 343 g/mol. The molecule has 0 radical (unpaired) electrons. The minimum Gasteiger partial charge on any atom is -0.505 e. The summed E-state index contributed by atoms with van der Waals surface area (Å²) in [4.78, 5) is 29.2. The average Bonchev–Trinajstić information content (AvgIpc) is 3.05. The van der Waals surface area contributed by atoms with Crippen LogP contribution in [-0.2, 0) is 6.54 Å². The molecule has 0 unspecified atom stereocenters. The predicted octanol–water partition coefficient (Wildman–Crippen LogP) is 3.22. The first-order chi connectivity index (χ1) is 11.6. The first kappa shape index (κ1) is 16.2. The van der Waals surface area contributed by atoms with Crippen LogP contribution < -0.4 is 10.9 Å². The van der Waals surface area contributed by atoms with Gasteiger partial charge in [0.1, 0.15) is 5.56 Å². The van der Waals surface area contributed by atoms with Crippen molar-refractivity contribution in [2.45, 2.75) is 26.3 Å². The fourth-order valence-electron chi connectivity index (χ4n) is 2.52. The number of aromatic nitrogens is 2. The van der Waals surface area contributed by atoms with Crippen LogP contribution in [0.2, 0.25) is 0 Å². The zero-order valence-electron chi connectivity index (χ0n) is 13.2. The number of pyridine rings is 2. The number of hydrogen-bond acceptors (Lipinski definition) is 5. The van der Waals surface area contributed by atoms with E-state index >= 15 is 0 Å². The van der Waals surface area contributed by atoms with Crippen molar-refractivity contribution in [2.24, 2.45) is 0 Å². The Morgan fingerprint density at radius 2 is 2.08 bits per heavy atom. The zero-order valence-corrected chi connectivity index (χ0v) is 14.0. The van der Waals surface area contributed by atoms with Crippen LogP contribution in [0.15, 0.2) is 40.8 Å². The molecule has 7 heteroatoms. The maximum Gasteiger partial charge on any atom is 0.267 e. The molecule has 6 nitrogen and oxygen atoms in total. The van der Waals surface area contributed by atoms with E-state index < -0.39 is 11.5 Å². The third-order valence-corrected chi connectivity index (χ3v) is 4.66. The Balaban J connectivity index is 2.09. The van der Waals surface area contributed by atoms with Crippen LogP contribution in [0.1, 0.15) is 30.1 Å². The van der Waals surface area contributed by atoms with Gasteiger partial charge in [-0.3, -0.25) is 14.6 Å². The van der Waals surface area contributed by atoms with Gasteiger partial charge in [0.05, 0.1) is 10.2 Å². The Morgan fingerprint density at radius 3 is 2.79 bits per heavy atom. The number of amides is 1. The molecule has 0 fully saturated rings. The molecule has 3 rings (SSSR count). The number of nitrogens with zero attached hydrogens (tertiary/aromatic N) is 2. The topological polar surface area (TPSA) is 84.2 Å². The van der Waals surface area contributed by atoms with Gasteiger partial charge in [0.2, 0.25) is 0 Å². The van der Waals surface area contributed by atoms with Gasteiger partial charge in [-0.1, -0.05) is 13.3 Å². The number of anilines is 1. The standard InChI is InChI=1S/C17H17N3O3S/c1-2-3-9-20-12-6-10-24-15(12)14(21)13(17(20)23)16(22)19-11-4-7-18-8-5-11/h4-8,10,21H,2-3,9H2,1H3,(H,18,19,22). The molecular weight excluding hydrogens is 326 g/mol. The fraction of sp³-hybridized carbons (Fsp3) is 0.235. The fourth-order valence-corrected chi connectivity index (χ4v) is 3.37.